The Kier molecular flexibility index (Phi) is 15.6. The molecule has 0 aliphatic rings. The number of hydrogen-bond donors (Lipinski definition) is 9. The van der Waals surface area contributed by atoms with Gasteiger partial charge in [-0.3, -0.25) is 0 Å². The SMILES string of the molecule is CC(O)C(=O)[O-].CCC(CO)(CO)[N+](CC(O)CO)(CC(O)CO)CC(O)CO. The molecule has 0 aromatic rings. The van der Waals surface area contributed by atoms with Crippen LogP contribution in [0.15, 0.2) is 0 Å². The predicted octanol–water partition coefficient (Wildman–Crippen LogP) is -5.89. The lowest BCUT2D eigenvalue weighted by molar-refractivity contribution is -0.984. The van der Waals surface area contributed by atoms with E-state index < -0.39 is 69.0 Å². The summed E-state index contributed by atoms with van der Waals surface area (Å²) in [6, 6.07) is 0. The fourth-order valence-electron chi connectivity index (χ4n) is 3.10. The number of aliphatic hydroxyl groups excluding tert-OH is 9. The van der Waals surface area contributed by atoms with Crippen LogP contribution < -0.4 is 5.11 Å². The summed E-state index contributed by atoms with van der Waals surface area (Å²) in [5.74, 6) is -1.44. The molecule has 0 bridgehead atoms. The van der Waals surface area contributed by atoms with Crippen molar-refractivity contribution in [3.05, 3.63) is 0 Å². The van der Waals surface area contributed by atoms with Crippen LogP contribution in [0.5, 0.6) is 0 Å². The Labute approximate surface area is 170 Å². The monoisotopic (exact) mass is 431 g/mol. The zero-order valence-corrected chi connectivity index (χ0v) is 17.0. The average Bonchev–Trinajstić information content (AvgIpc) is 2.69. The smallest absolute Gasteiger partial charge is 0.146 e. The lowest BCUT2D eigenvalue weighted by Crippen LogP contribution is -2.73. The van der Waals surface area contributed by atoms with Crippen molar-refractivity contribution in [1.82, 2.24) is 0 Å². The standard InChI is InChI=1S/C14H32NO8.C3H6O3/c1-2-14(9-19,10-20)15(3-11(21)6-16,4-12(22)7-17)5-13(23)8-18;1-2(4)3(5)6/h11-13,16-23H,2-10H2,1H3;2,4H,1H3,(H,5,6)/q+1;/p-1. The lowest BCUT2D eigenvalue weighted by Gasteiger charge is -2.53. The molecular weight excluding hydrogens is 394 g/mol. The molecule has 0 rings (SSSR count). The third kappa shape index (κ3) is 9.61. The molecular formula is C17H37NO11. The van der Waals surface area contributed by atoms with Crippen LogP contribution in [0, 0.1) is 0 Å². The van der Waals surface area contributed by atoms with Gasteiger partial charge in [-0.05, 0) is 6.92 Å². The first kappa shape index (κ1) is 30.3. The van der Waals surface area contributed by atoms with E-state index >= 15 is 0 Å². The van der Waals surface area contributed by atoms with Gasteiger partial charge >= 0.3 is 0 Å². The summed E-state index contributed by atoms with van der Waals surface area (Å²) in [4.78, 5) is 9.34. The third-order valence-electron chi connectivity index (χ3n) is 4.91. The molecule has 12 nitrogen and oxygen atoms in total. The van der Waals surface area contributed by atoms with Crippen LogP contribution in [0.25, 0.3) is 0 Å². The van der Waals surface area contributed by atoms with Gasteiger partial charge in [0.05, 0.1) is 31.9 Å². The number of nitrogens with zero attached hydrogens (tertiary/aromatic N) is 1. The van der Waals surface area contributed by atoms with E-state index in [2.05, 4.69) is 0 Å². The number of rotatable bonds is 14. The van der Waals surface area contributed by atoms with Gasteiger partial charge in [-0.15, -0.1) is 0 Å². The van der Waals surface area contributed by atoms with Crippen LogP contribution in [-0.4, -0.2) is 139 Å². The molecule has 0 aromatic carbocycles. The molecule has 0 heterocycles. The molecule has 4 unspecified atom stereocenters. The van der Waals surface area contributed by atoms with Gasteiger partial charge in [-0.25, -0.2) is 0 Å². The zero-order valence-electron chi connectivity index (χ0n) is 17.0. The highest BCUT2D eigenvalue weighted by atomic mass is 16.4. The number of quaternary nitrogens is 1. The Morgan fingerprint density at radius 1 is 0.828 bits per heavy atom. The Bertz CT molecular complexity index is 392. The maximum Gasteiger partial charge on any atom is 0.146 e. The molecule has 29 heavy (non-hydrogen) atoms. The molecule has 0 aromatic heterocycles. The van der Waals surface area contributed by atoms with Gasteiger partial charge < -0.3 is 60.3 Å². The second-order valence-corrected chi connectivity index (χ2v) is 7.09. The molecule has 0 fully saturated rings. The van der Waals surface area contributed by atoms with E-state index in [0.29, 0.717) is 0 Å². The molecule has 0 saturated carbocycles. The number of carbonyl (C=O) groups excluding carboxylic acids is 1. The molecule has 176 valence electrons. The molecule has 9 N–H and O–H groups in total. The third-order valence-corrected chi connectivity index (χ3v) is 4.91. The molecule has 0 radical (unpaired) electrons. The highest BCUT2D eigenvalue weighted by molar-refractivity contribution is 5.68. The van der Waals surface area contributed by atoms with Crippen molar-refractivity contribution < 1.29 is 60.3 Å². The second kappa shape index (κ2) is 15.0. The highest BCUT2D eigenvalue weighted by Crippen LogP contribution is 2.30. The lowest BCUT2D eigenvalue weighted by atomic mass is 9.89. The number of carboxylic acids is 1. The Hall–Kier alpha value is -0.930. The number of carbonyl (C=O) groups is 1. The molecule has 0 amide bonds. The van der Waals surface area contributed by atoms with Crippen LogP contribution in [0.4, 0.5) is 0 Å². The van der Waals surface area contributed by atoms with E-state index in [4.69, 9.17) is 20.4 Å². The van der Waals surface area contributed by atoms with E-state index in [0.717, 1.165) is 6.92 Å². The summed E-state index contributed by atoms with van der Waals surface area (Å²) in [7, 11) is 0. The molecule has 12 heteroatoms. The highest BCUT2D eigenvalue weighted by Gasteiger charge is 2.51. The van der Waals surface area contributed by atoms with Crippen molar-refractivity contribution in [1.29, 1.82) is 0 Å². The van der Waals surface area contributed by atoms with Crippen LogP contribution in [0.2, 0.25) is 0 Å². The Morgan fingerprint density at radius 2 is 1.10 bits per heavy atom. The molecule has 4 atom stereocenters. The van der Waals surface area contributed by atoms with Crippen LogP contribution in [0.3, 0.4) is 0 Å². The van der Waals surface area contributed by atoms with Crippen molar-refractivity contribution in [2.24, 2.45) is 0 Å². The van der Waals surface area contributed by atoms with Crippen LogP contribution in [0.1, 0.15) is 20.3 Å². The molecule has 0 aliphatic heterocycles. The summed E-state index contributed by atoms with van der Waals surface area (Å²) in [5.41, 5.74) is -1.23. The van der Waals surface area contributed by atoms with Gasteiger partial charge in [-0.1, -0.05) is 6.92 Å². The van der Waals surface area contributed by atoms with Gasteiger partial charge in [0.2, 0.25) is 0 Å². The largest absolute Gasteiger partial charge is 0.547 e. The summed E-state index contributed by atoms with van der Waals surface area (Å²) in [6.45, 7) is -0.471. The first-order valence-corrected chi connectivity index (χ1v) is 9.28. The minimum absolute atomic E-state index is 0.181. The van der Waals surface area contributed by atoms with Gasteiger partial charge in [0, 0.05) is 6.42 Å². The number of hydrogen-bond acceptors (Lipinski definition) is 11. The zero-order chi connectivity index (χ0) is 23.3. The van der Waals surface area contributed by atoms with E-state index in [1.807, 2.05) is 0 Å². The van der Waals surface area contributed by atoms with Crippen molar-refractivity contribution in [3.8, 4) is 0 Å². The predicted molar refractivity (Wildman–Crippen MR) is 98.0 cm³/mol. The Balaban J connectivity index is 0. The van der Waals surface area contributed by atoms with Crippen molar-refractivity contribution in [2.75, 3.05) is 52.7 Å². The van der Waals surface area contributed by atoms with E-state index in [-0.39, 0.29) is 30.5 Å². The van der Waals surface area contributed by atoms with E-state index in [9.17, 15) is 35.4 Å². The van der Waals surface area contributed by atoms with Crippen molar-refractivity contribution >= 4 is 5.97 Å². The summed E-state index contributed by atoms with van der Waals surface area (Å²) in [5, 5.41) is 94.2. The van der Waals surface area contributed by atoms with Crippen LogP contribution >= 0.6 is 0 Å². The Morgan fingerprint density at radius 3 is 1.24 bits per heavy atom. The quantitative estimate of drug-likeness (QED) is 0.118. The van der Waals surface area contributed by atoms with Gasteiger partial charge in [0.1, 0.15) is 56.7 Å². The normalized spacial score (nSPS) is 18.0. The fourth-order valence-corrected chi connectivity index (χ4v) is 3.10. The molecule has 0 saturated heterocycles. The van der Waals surface area contributed by atoms with Crippen molar-refractivity contribution in [2.45, 2.75) is 50.2 Å². The van der Waals surface area contributed by atoms with Gasteiger partial charge in [0.25, 0.3) is 0 Å². The van der Waals surface area contributed by atoms with E-state index in [1.54, 1.807) is 6.92 Å². The first-order chi connectivity index (χ1) is 13.4. The van der Waals surface area contributed by atoms with Crippen molar-refractivity contribution in [3.63, 3.8) is 0 Å². The summed E-state index contributed by atoms with van der Waals surface area (Å²) in [6.07, 6.45) is -4.78. The average molecular weight is 431 g/mol. The number of aliphatic hydroxyl groups is 9. The second-order valence-electron chi connectivity index (χ2n) is 7.09. The van der Waals surface area contributed by atoms with Gasteiger partial charge in [-0.2, -0.15) is 0 Å². The fraction of sp³-hybridized carbons (Fsp3) is 0.941. The van der Waals surface area contributed by atoms with E-state index in [1.165, 1.54) is 0 Å². The summed E-state index contributed by atoms with van der Waals surface area (Å²) < 4.78 is -0.359. The van der Waals surface area contributed by atoms with Crippen LogP contribution in [-0.2, 0) is 4.79 Å². The molecule has 0 aliphatic carbocycles. The minimum atomic E-state index is -1.44. The first-order valence-electron chi connectivity index (χ1n) is 9.28. The summed E-state index contributed by atoms with van der Waals surface area (Å²) >= 11 is 0. The molecule has 0 spiro atoms. The number of aliphatic carboxylic acids is 1. The topological polar surface area (TPSA) is 222 Å². The number of carboxylic acid groups (broad SMARTS) is 1. The maximum atomic E-state index is 9.90. The van der Waals surface area contributed by atoms with Gasteiger partial charge in [0.15, 0.2) is 0 Å². The maximum absolute atomic E-state index is 9.90. The minimum Gasteiger partial charge on any atom is -0.547 e.